The molecule has 1 atom stereocenters. The standard InChI is InChI=1S/C23H26N2O2/c1-5-25(6-2)17-8-10-19-15(4)22(23(26)27-21(19)12-17)16-7-9-18-14(3)13-24-20(18)11-16/h7-12,14,24H,5-6,13H2,1-4H3. The predicted octanol–water partition coefficient (Wildman–Crippen LogP) is 5.14. The lowest BCUT2D eigenvalue weighted by atomic mass is 9.96. The highest BCUT2D eigenvalue weighted by Crippen LogP contribution is 2.36. The second kappa shape index (κ2) is 6.76. The van der Waals surface area contributed by atoms with Crippen molar-refractivity contribution in [2.24, 2.45) is 0 Å². The van der Waals surface area contributed by atoms with Crippen molar-refractivity contribution in [3.05, 3.63) is 57.9 Å². The van der Waals surface area contributed by atoms with E-state index in [2.05, 4.69) is 55.3 Å². The molecule has 4 rings (SSSR count). The van der Waals surface area contributed by atoms with Crippen LogP contribution < -0.4 is 15.8 Å². The molecule has 1 aromatic heterocycles. The van der Waals surface area contributed by atoms with Gasteiger partial charge in [0, 0.05) is 48.4 Å². The number of benzene rings is 2. The van der Waals surface area contributed by atoms with Crippen molar-refractivity contribution in [3.63, 3.8) is 0 Å². The van der Waals surface area contributed by atoms with Gasteiger partial charge in [0.05, 0.1) is 5.56 Å². The molecule has 0 spiro atoms. The molecule has 27 heavy (non-hydrogen) atoms. The summed E-state index contributed by atoms with van der Waals surface area (Å²) in [6, 6.07) is 12.4. The SMILES string of the molecule is CCN(CC)c1ccc2c(C)c(-c3ccc4c(c3)NCC4C)c(=O)oc2c1. The zero-order valence-corrected chi connectivity index (χ0v) is 16.4. The number of hydrogen-bond donors (Lipinski definition) is 1. The summed E-state index contributed by atoms with van der Waals surface area (Å²) >= 11 is 0. The smallest absolute Gasteiger partial charge is 0.344 e. The van der Waals surface area contributed by atoms with Crippen LogP contribution in [0.25, 0.3) is 22.1 Å². The molecule has 0 amide bonds. The normalized spacial score (nSPS) is 15.6. The Morgan fingerprint density at radius 2 is 1.93 bits per heavy atom. The van der Waals surface area contributed by atoms with Gasteiger partial charge < -0.3 is 14.6 Å². The number of anilines is 2. The van der Waals surface area contributed by atoms with Crippen molar-refractivity contribution in [1.82, 2.24) is 0 Å². The minimum atomic E-state index is -0.275. The molecule has 2 aromatic carbocycles. The largest absolute Gasteiger partial charge is 0.422 e. The van der Waals surface area contributed by atoms with Crippen LogP contribution in [-0.4, -0.2) is 19.6 Å². The molecule has 0 fully saturated rings. The van der Waals surface area contributed by atoms with Crippen molar-refractivity contribution >= 4 is 22.3 Å². The highest BCUT2D eigenvalue weighted by molar-refractivity contribution is 5.89. The van der Waals surface area contributed by atoms with Crippen molar-refractivity contribution < 1.29 is 4.42 Å². The fourth-order valence-electron chi connectivity index (χ4n) is 4.13. The lowest BCUT2D eigenvalue weighted by Gasteiger charge is -2.21. The van der Waals surface area contributed by atoms with Gasteiger partial charge in [-0.2, -0.15) is 0 Å². The monoisotopic (exact) mass is 362 g/mol. The summed E-state index contributed by atoms with van der Waals surface area (Å²) in [6.45, 7) is 11.3. The van der Waals surface area contributed by atoms with Crippen molar-refractivity contribution in [2.75, 3.05) is 29.9 Å². The van der Waals surface area contributed by atoms with Gasteiger partial charge in [-0.05, 0) is 55.7 Å². The number of nitrogens with zero attached hydrogens (tertiary/aromatic N) is 1. The molecular formula is C23H26N2O2. The zero-order chi connectivity index (χ0) is 19.1. The van der Waals surface area contributed by atoms with Crippen LogP contribution >= 0.6 is 0 Å². The fourth-order valence-corrected chi connectivity index (χ4v) is 4.13. The Hall–Kier alpha value is -2.75. The Morgan fingerprint density at radius 3 is 2.67 bits per heavy atom. The summed E-state index contributed by atoms with van der Waals surface area (Å²) in [5.41, 5.74) is 6.43. The van der Waals surface area contributed by atoms with Crippen LogP contribution in [0.5, 0.6) is 0 Å². The van der Waals surface area contributed by atoms with Crippen LogP contribution in [0.2, 0.25) is 0 Å². The maximum absolute atomic E-state index is 12.8. The summed E-state index contributed by atoms with van der Waals surface area (Å²) in [5, 5.41) is 4.42. The second-order valence-electron chi connectivity index (χ2n) is 7.33. The topological polar surface area (TPSA) is 45.5 Å². The average Bonchev–Trinajstić information content (AvgIpc) is 3.03. The van der Waals surface area contributed by atoms with Crippen LogP contribution in [0.3, 0.4) is 0 Å². The zero-order valence-electron chi connectivity index (χ0n) is 16.4. The van der Waals surface area contributed by atoms with E-state index in [0.29, 0.717) is 17.1 Å². The minimum Gasteiger partial charge on any atom is -0.422 e. The van der Waals surface area contributed by atoms with Crippen LogP contribution in [-0.2, 0) is 0 Å². The molecule has 0 aliphatic carbocycles. The third kappa shape index (κ3) is 2.89. The van der Waals surface area contributed by atoms with Gasteiger partial charge in [0.1, 0.15) is 5.58 Å². The van der Waals surface area contributed by atoms with E-state index in [1.54, 1.807) is 0 Å². The first-order chi connectivity index (χ1) is 13.0. The van der Waals surface area contributed by atoms with E-state index in [-0.39, 0.29) is 5.63 Å². The number of fused-ring (bicyclic) bond motifs is 2. The second-order valence-corrected chi connectivity index (χ2v) is 7.33. The quantitative estimate of drug-likeness (QED) is 0.653. The number of rotatable bonds is 4. The molecule has 1 N–H and O–H groups in total. The lowest BCUT2D eigenvalue weighted by molar-refractivity contribution is 0.562. The van der Waals surface area contributed by atoms with Gasteiger partial charge in [0.25, 0.3) is 0 Å². The van der Waals surface area contributed by atoms with Gasteiger partial charge in [-0.25, -0.2) is 4.79 Å². The van der Waals surface area contributed by atoms with Gasteiger partial charge >= 0.3 is 5.63 Å². The Morgan fingerprint density at radius 1 is 1.15 bits per heavy atom. The molecule has 0 bridgehead atoms. The van der Waals surface area contributed by atoms with Gasteiger partial charge in [-0.1, -0.05) is 19.1 Å². The average molecular weight is 362 g/mol. The molecule has 2 heterocycles. The third-order valence-electron chi connectivity index (χ3n) is 5.75. The van der Waals surface area contributed by atoms with Crippen molar-refractivity contribution in [1.29, 1.82) is 0 Å². The fraction of sp³-hybridized carbons (Fsp3) is 0.348. The Bertz CT molecular complexity index is 1060. The van der Waals surface area contributed by atoms with E-state index in [0.717, 1.165) is 47.5 Å². The number of nitrogens with one attached hydrogen (secondary N) is 1. The Balaban J connectivity index is 1.85. The molecule has 4 heteroatoms. The maximum Gasteiger partial charge on any atom is 0.344 e. The highest BCUT2D eigenvalue weighted by Gasteiger charge is 2.20. The van der Waals surface area contributed by atoms with E-state index in [4.69, 9.17) is 4.42 Å². The van der Waals surface area contributed by atoms with Crippen LogP contribution in [0, 0.1) is 6.92 Å². The van der Waals surface area contributed by atoms with E-state index < -0.39 is 0 Å². The molecule has 3 aromatic rings. The molecule has 1 aliphatic rings. The van der Waals surface area contributed by atoms with Gasteiger partial charge in [-0.15, -0.1) is 0 Å². The Labute approximate surface area is 159 Å². The van der Waals surface area contributed by atoms with E-state index in [9.17, 15) is 4.79 Å². The molecular weight excluding hydrogens is 336 g/mol. The summed E-state index contributed by atoms with van der Waals surface area (Å²) in [4.78, 5) is 15.1. The maximum atomic E-state index is 12.8. The first-order valence-electron chi connectivity index (χ1n) is 9.74. The van der Waals surface area contributed by atoms with E-state index in [1.165, 1.54) is 5.56 Å². The molecule has 140 valence electrons. The molecule has 1 aliphatic heterocycles. The molecule has 1 unspecified atom stereocenters. The van der Waals surface area contributed by atoms with Gasteiger partial charge in [0.2, 0.25) is 0 Å². The first-order valence-corrected chi connectivity index (χ1v) is 9.74. The predicted molar refractivity (Wildman–Crippen MR) is 113 cm³/mol. The van der Waals surface area contributed by atoms with Crippen LogP contribution in [0.4, 0.5) is 11.4 Å². The Kier molecular flexibility index (Phi) is 4.42. The van der Waals surface area contributed by atoms with Crippen LogP contribution in [0.15, 0.2) is 45.6 Å². The molecule has 0 saturated carbocycles. The van der Waals surface area contributed by atoms with Gasteiger partial charge in [0.15, 0.2) is 0 Å². The summed E-state index contributed by atoms with van der Waals surface area (Å²) in [6.07, 6.45) is 0. The summed E-state index contributed by atoms with van der Waals surface area (Å²) < 4.78 is 5.75. The van der Waals surface area contributed by atoms with Gasteiger partial charge in [-0.3, -0.25) is 0 Å². The highest BCUT2D eigenvalue weighted by atomic mass is 16.4. The summed E-state index contributed by atoms with van der Waals surface area (Å²) in [5.74, 6) is 0.502. The first kappa shape index (κ1) is 17.7. The van der Waals surface area contributed by atoms with Crippen molar-refractivity contribution in [3.8, 4) is 11.1 Å². The van der Waals surface area contributed by atoms with Crippen molar-refractivity contribution in [2.45, 2.75) is 33.6 Å². The van der Waals surface area contributed by atoms with E-state index in [1.807, 2.05) is 19.1 Å². The number of hydrogen-bond acceptors (Lipinski definition) is 4. The molecule has 4 nitrogen and oxygen atoms in total. The van der Waals surface area contributed by atoms with Crippen LogP contribution in [0.1, 0.15) is 37.8 Å². The molecule has 0 radical (unpaired) electrons. The third-order valence-corrected chi connectivity index (χ3v) is 5.75. The lowest BCUT2D eigenvalue weighted by Crippen LogP contribution is -2.21. The number of aryl methyl sites for hydroxylation is 1. The van der Waals surface area contributed by atoms with E-state index >= 15 is 0 Å². The minimum absolute atomic E-state index is 0.275. The summed E-state index contributed by atoms with van der Waals surface area (Å²) in [7, 11) is 0. The molecule has 0 saturated heterocycles.